The van der Waals surface area contributed by atoms with E-state index < -0.39 is 10.0 Å². The van der Waals surface area contributed by atoms with E-state index in [0.29, 0.717) is 17.5 Å². The van der Waals surface area contributed by atoms with Crippen LogP contribution in [-0.2, 0) is 23.1 Å². The van der Waals surface area contributed by atoms with Crippen molar-refractivity contribution in [2.24, 2.45) is 0 Å². The molecule has 1 aliphatic carbocycles. The van der Waals surface area contributed by atoms with Crippen LogP contribution in [0, 0.1) is 0 Å². The summed E-state index contributed by atoms with van der Waals surface area (Å²) >= 11 is 0. The van der Waals surface area contributed by atoms with Crippen molar-refractivity contribution in [3.05, 3.63) is 18.0 Å². The molecule has 2 rings (SSSR count). The predicted octanol–water partition coefficient (Wildman–Crippen LogP) is 2.23. The molecular weight excluding hydrogens is 286 g/mol. The molecule has 1 fully saturated rings. The van der Waals surface area contributed by atoms with E-state index in [9.17, 15) is 8.42 Å². The first-order valence-corrected chi connectivity index (χ1v) is 9.47. The van der Waals surface area contributed by atoms with Crippen LogP contribution in [0.3, 0.4) is 0 Å². The number of hydrogen-bond donors (Lipinski definition) is 2. The van der Waals surface area contributed by atoms with Gasteiger partial charge in [-0.25, -0.2) is 13.1 Å². The van der Waals surface area contributed by atoms with Gasteiger partial charge in [0, 0.05) is 37.6 Å². The van der Waals surface area contributed by atoms with E-state index in [1.165, 1.54) is 12.8 Å². The maximum Gasteiger partial charge on any atom is 0.242 e. The fourth-order valence-electron chi connectivity index (χ4n) is 2.32. The summed E-state index contributed by atoms with van der Waals surface area (Å²) in [4.78, 5) is 0.383. The van der Waals surface area contributed by atoms with Gasteiger partial charge in [-0.05, 0) is 32.3 Å². The molecule has 0 aromatic carbocycles. The highest BCUT2D eigenvalue weighted by atomic mass is 32.2. The largest absolute Gasteiger partial charge is 0.349 e. The molecule has 21 heavy (non-hydrogen) atoms. The first-order valence-electron chi connectivity index (χ1n) is 7.99. The van der Waals surface area contributed by atoms with E-state index in [-0.39, 0.29) is 0 Å². The summed E-state index contributed by atoms with van der Waals surface area (Å²) < 4.78 is 29.3. The zero-order chi connectivity index (χ0) is 15.3. The van der Waals surface area contributed by atoms with Crippen LogP contribution in [0.15, 0.2) is 17.2 Å². The molecule has 1 saturated carbocycles. The van der Waals surface area contributed by atoms with Gasteiger partial charge < -0.3 is 9.88 Å². The standard InChI is InChI=1S/C15H27N3O2S/c1-3-5-6-9-17-21(19,20)15-10-14(18(4-2)12-15)11-16-13-7-8-13/h10,12-13,16-17H,3-9,11H2,1-2H3. The van der Waals surface area contributed by atoms with Crippen molar-refractivity contribution in [3.63, 3.8) is 0 Å². The van der Waals surface area contributed by atoms with Gasteiger partial charge in [-0.15, -0.1) is 0 Å². The van der Waals surface area contributed by atoms with Crippen LogP contribution < -0.4 is 10.0 Å². The number of rotatable bonds is 10. The Bertz CT molecular complexity index is 547. The van der Waals surface area contributed by atoms with E-state index in [1.807, 2.05) is 11.5 Å². The highest BCUT2D eigenvalue weighted by molar-refractivity contribution is 7.89. The van der Waals surface area contributed by atoms with Crippen molar-refractivity contribution in [1.29, 1.82) is 0 Å². The Hall–Kier alpha value is -0.850. The molecule has 5 nitrogen and oxygen atoms in total. The molecule has 2 N–H and O–H groups in total. The van der Waals surface area contributed by atoms with Crippen molar-refractivity contribution < 1.29 is 8.42 Å². The van der Waals surface area contributed by atoms with Crippen molar-refractivity contribution in [3.8, 4) is 0 Å². The van der Waals surface area contributed by atoms with E-state index in [4.69, 9.17) is 0 Å². The third-order valence-corrected chi connectivity index (χ3v) is 5.26. The lowest BCUT2D eigenvalue weighted by Gasteiger charge is -2.06. The number of aryl methyl sites for hydroxylation is 1. The average molecular weight is 313 g/mol. The quantitative estimate of drug-likeness (QED) is 0.651. The zero-order valence-electron chi connectivity index (χ0n) is 13.1. The summed E-state index contributed by atoms with van der Waals surface area (Å²) in [5, 5.41) is 3.44. The lowest BCUT2D eigenvalue weighted by atomic mass is 10.3. The van der Waals surface area contributed by atoms with Gasteiger partial charge >= 0.3 is 0 Å². The molecule has 6 heteroatoms. The predicted molar refractivity (Wildman–Crippen MR) is 84.7 cm³/mol. The molecule has 1 aromatic rings. The second-order valence-corrected chi connectivity index (χ2v) is 7.48. The minimum atomic E-state index is -3.37. The Balaban J connectivity index is 1.99. The average Bonchev–Trinajstić information content (AvgIpc) is 3.19. The molecule has 0 saturated heterocycles. The van der Waals surface area contributed by atoms with Crippen molar-refractivity contribution in [2.75, 3.05) is 6.54 Å². The van der Waals surface area contributed by atoms with Crippen molar-refractivity contribution >= 4 is 10.0 Å². The Morgan fingerprint density at radius 2 is 2.05 bits per heavy atom. The van der Waals surface area contributed by atoms with E-state index in [0.717, 1.165) is 38.0 Å². The highest BCUT2D eigenvalue weighted by Gasteiger charge is 2.22. The summed E-state index contributed by atoms with van der Waals surface area (Å²) in [6, 6.07) is 2.42. The number of unbranched alkanes of at least 4 members (excludes halogenated alkanes) is 2. The molecular formula is C15H27N3O2S. The summed E-state index contributed by atoms with van der Waals surface area (Å²) in [5.74, 6) is 0. The molecule has 1 heterocycles. The first-order chi connectivity index (χ1) is 10.1. The van der Waals surface area contributed by atoms with Gasteiger partial charge in [0.2, 0.25) is 10.0 Å². The van der Waals surface area contributed by atoms with Crippen molar-refractivity contribution in [1.82, 2.24) is 14.6 Å². The Morgan fingerprint density at radius 3 is 2.67 bits per heavy atom. The number of hydrogen-bond acceptors (Lipinski definition) is 3. The van der Waals surface area contributed by atoms with Gasteiger partial charge in [0.15, 0.2) is 0 Å². The third-order valence-electron chi connectivity index (χ3n) is 3.83. The van der Waals surface area contributed by atoms with Gasteiger partial charge in [0.1, 0.15) is 0 Å². The molecule has 0 radical (unpaired) electrons. The Morgan fingerprint density at radius 1 is 1.29 bits per heavy atom. The number of nitrogens with one attached hydrogen (secondary N) is 2. The highest BCUT2D eigenvalue weighted by Crippen LogP contribution is 2.20. The molecule has 0 spiro atoms. The Kier molecular flexibility index (Phi) is 5.84. The molecule has 1 aromatic heterocycles. The fourth-order valence-corrected chi connectivity index (χ4v) is 3.45. The van der Waals surface area contributed by atoms with Crippen molar-refractivity contribution in [2.45, 2.75) is 70.0 Å². The number of aromatic nitrogens is 1. The third kappa shape index (κ3) is 4.83. The van der Waals surface area contributed by atoms with E-state index in [1.54, 1.807) is 12.3 Å². The number of sulfonamides is 1. The van der Waals surface area contributed by atoms with Gasteiger partial charge in [-0.2, -0.15) is 0 Å². The maximum absolute atomic E-state index is 12.3. The second-order valence-electron chi connectivity index (χ2n) is 5.71. The van der Waals surface area contributed by atoms with Gasteiger partial charge in [-0.1, -0.05) is 19.8 Å². The maximum atomic E-state index is 12.3. The monoisotopic (exact) mass is 313 g/mol. The normalized spacial score (nSPS) is 15.5. The van der Waals surface area contributed by atoms with Crippen LogP contribution in [-0.4, -0.2) is 25.6 Å². The minimum absolute atomic E-state index is 0.383. The lowest BCUT2D eigenvalue weighted by Crippen LogP contribution is -2.24. The molecule has 0 atom stereocenters. The molecule has 0 amide bonds. The summed E-state index contributed by atoms with van der Waals surface area (Å²) in [5.41, 5.74) is 1.04. The van der Waals surface area contributed by atoms with Crippen LogP contribution in [0.4, 0.5) is 0 Å². The first kappa shape index (κ1) is 16.5. The van der Waals surface area contributed by atoms with Crippen LogP contribution >= 0.6 is 0 Å². The van der Waals surface area contributed by atoms with Crippen LogP contribution in [0.2, 0.25) is 0 Å². The molecule has 1 aliphatic rings. The molecule has 0 unspecified atom stereocenters. The summed E-state index contributed by atoms with van der Waals surface area (Å²) in [7, 11) is -3.37. The van der Waals surface area contributed by atoms with E-state index >= 15 is 0 Å². The SMILES string of the molecule is CCCCCNS(=O)(=O)c1cc(CNC2CC2)n(CC)c1. The summed E-state index contributed by atoms with van der Waals surface area (Å²) in [6.07, 6.45) is 7.24. The topological polar surface area (TPSA) is 63.1 Å². The smallest absolute Gasteiger partial charge is 0.242 e. The minimum Gasteiger partial charge on any atom is -0.349 e. The van der Waals surface area contributed by atoms with Crippen LogP contribution in [0.5, 0.6) is 0 Å². The van der Waals surface area contributed by atoms with Gasteiger partial charge in [0.05, 0.1) is 4.90 Å². The second kappa shape index (κ2) is 7.42. The van der Waals surface area contributed by atoms with E-state index in [2.05, 4.69) is 17.0 Å². The number of nitrogens with zero attached hydrogens (tertiary/aromatic N) is 1. The molecule has 0 aliphatic heterocycles. The van der Waals surface area contributed by atoms with Gasteiger partial charge in [0.25, 0.3) is 0 Å². The lowest BCUT2D eigenvalue weighted by molar-refractivity contribution is 0.575. The zero-order valence-corrected chi connectivity index (χ0v) is 13.9. The van der Waals surface area contributed by atoms with Gasteiger partial charge in [-0.3, -0.25) is 0 Å². The van der Waals surface area contributed by atoms with Crippen LogP contribution in [0.25, 0.3) is 0 Å². The molecule has 120 valence electrons. The summed E-state index contributed by atoms with van der Waals surface area (Å²) in [6.45, 7) is 6.18. The fraction of sp³-hybridized carbons (Fsp3) is 0.733. The van der Waals surface area contributed by atoms with Crippen LogP contribution in [0.1, 0.15) is 51.6 Å². The Labute approximate surface area is 128 Å². The molecule has 0 bridgehead atoms.